The molecule has 2 atom stereocenters. The molecule has 2 aliphatic carbocycles. The number of nitrogens with zero attached hydrogens (tertiary/aromatic N) is 1. The largest absolute Gasteiger partial charge is 0.334 e. The van der Waals surface area contributed by atoms with Gasteiger partial charge in [0.05, 0.1) is 6.54 Å². The van der Waals surface area contributed by atoms with E-state index in [0.29, 0.717) is 24.3 Å². The maximum Gasteiger partial charge on any atom is 0.226 e. The molecule has 2 aliphatic rings. The Balaban J connectivity index is 1.91. The normalized spacial score (nSPS) is 34.1. The van der Waals surface area contributed by atoms with Gasteiger partial charge in [-0.3, -0.25) is 4.79 Å². The van der Waals surface area contributed by atoms with Gasteiger partial charge in [-0.1, -0.05) is 18.8 Å². The smallest absolute Gasteiger partial charge is 0.226 e. The lowest BCUT2D eigenvalue weighted by molar-refractivity contribution is -0.131. The average molecular weight is 191 g/mol. The Morgan fingerprint density at radius 1 is 1.43 bits per heavy atom. The number of rotatable bonds is 2. The molecule has 0 spiro atoms. The van der Waals surface area contributed by atoms with Crippen LogP contribution in [0.2, 0.25) is 0 Å². The second kappa shape index (κ2) is 3.65. The van der Waals surface area contributed by atoms with Gasteiger partial charge in [-0.2, -0.15) is 0 Å². The van der Waals surface area contributed by atoms with Crippen LogP contribution in [0.3, 0.4) is 0 Å². The van der Waals surface area contributed by atoms with Crippen molar-refractivity contribution < 1.29 is 4.79 Å². The average Bonchev–Trinajstić information content (AvgIpc) is 2.91. The van der Waals surface area contributed by atoms with Gasteiger partial charge in [-0.25, -0.2) is 0 Å². The van der Waals surface area contributed by atoms with Gasteiger partial charge in [0.1, 0.15) is 0 Å². The number of terminal acetylenes is 1. The fourth-order valence-electron chi connectivity index (χ4n) is 2.83. The summed E-state index contributed by atoms with van der Waals surface area (Å²) in [5, 5.41) is 0. The van der Waals surface area contributed by atoms with Gasteiger partial charge in [0.2, 0.25) is 5.91 Å². The van der Waals surface area contributed by atoms with Gasteiger partial charge in [0, 0.05) is 13.0 Å². The van der Waals surface area contributed by atoms with Crippen molar-refractivity contribution in [2.45, 2.75) is 25.7 Å². The predicted octanol–water partition coefficient (Wildman–Crippen LogP) is 1.51. The zero-order valence-corrected chi connectivity index (χ0v) is 8.70. The zero-order chi connectivity index (χ0) is 10.1. The maximum atomic E-state index is 11.9. The minimum atomic E-state index is 0.278. The summed E-state index contributed by atoms with van der Waals surface area (Å²) in [5.41, 5.74) is 0. The fourth-order valence-corrected chi connectivity index (χ4v) is 2.83. The van der Waals surface area contributed by atoms with Crippen molar-refractivity contribution in [2.24, 2.45) is 17.8 Å². The molecule has 0 aromatic rings. The highest BCUT2D eigenvalue weighted by Crippen LogP contribution is 2.55. The second-order valence-electron chi connectivity index (χ2n) is 4.54. The molecular weight excluding hydrogens is 174 g/mol. The molecule has 2 heteroatoms. The SMILES string of the molecule is C#CCN(C)C(=O)C1C2CCCCC21. The van der Waals surface area contributed by atoms with Gasteiger partial charge < -0.3 is 4.90 Å². The summed E-state index contributed by atoms with van der Waals surface area (Å²) in [6.45, 7) is 0.453. The van der Waals surface area contributed by atoms with Gasteiger partial charge in [0.25, 0.3) is 0 Å². The number of carbonyl (C=O) groups excluding carboxylic acids is 1. The first kappa shape index (κ1) is 9.58. The highest BCUT2D eigenvalue weighted by atomic mass is 16.2. The quantitative estimate of drug-likeness (QED) is 0.606. The van der Waals surface area contributed by atoms with E-state index in [1.807, 2.05) is 7.05 Å². The summed E-state index contributed by atoms with van der Waals surface area (Å²) < 4.78 is 0. The number of hydrogen-bond acceptors (Lipinski definition) is 1. The summed E-state index contributed by atoms with van der Waals surface area (Å²) in [6.07, 6.45) is 10.3. The highest BCUT2D eigenvalue weighted by molar-refractivity contribution is 5.82. The van der Waals surface area contributed by atoms with Crippen LogP contribution in [-0.2, 0) is 4.79 Å². The van der Waals surface area contributed by atoms with Crippen molar-refractivity contribution in [1.82, 2.24) is 4.90 Å². The van der Waals surface area contributed by atoms with Gasteiger partial charge in [-0.05, 0) is 24.7 Å². The molecule has 0 aliphatic heterocycles. The number of carbonyl (C=O) groups is 1. The van der Waals surface area contributed by atoms with Crippen molar-refractivity contribution in [1.29, 1.82) is 0 Å². The topological polar surface area (TPSA) is 20.3 Å². The zero-order valence-electron chi connectivity index (χ0n) is 8.70. The molecule has 0 aromatic carbocycles. The third-order valence-electron chi connectivity index (χ3n) is 3.65. The molecule has 2 unspecified atom stereocenters. The molecule has 2 fully saturated rings. The summed E-state index contributed by atoms with van der Waals surface area (Å²) in [7, 11) is 1.81. The molecule has 0 saturated heterocycles. The summed E-state index contributed by atoms with van der Waals surface area (Å²) in [5.74, 6) is 4.49. The van der Waals surface area contributed by atoms with E-state index in [9.17, 15) is 4.79 Å². The minimum Gasteiger partial charge on any atom is -0.334 e. The number of fused-ring (bicyclic) bond motifs is 1. The first-order valence-corrected chi connectivity index (χ1v) is 5.44. The lowest BCUT2D eigenvalue weighted by Crippen LogP contribution is -2.29. The molecule has 0 N–H and O–H groups in total. The molecule has 0 bridgehead atoms. The second-order valence-corrected chi connectivity index (χ2v) is 4.54. The molecule has 0 radical (unpaired) electrons. The van der Waals surface area contributed by atoms with Crippen molar-refractivity contribution >= 4 is 5.91 Å². The van der Waals surface area contributed by atoms with Crippen molar-refractivity contribution in [3.05, 3.63) is 0 Å². The first-order valence-electron chi connectivity index (χ1n) is 5.44. The third-order valence-corrected chi connectivity index (χ3v) is 3.65. The molecule has 2 rings (SSSR count). The van der Waals surface area contributed by atoms with Crippen molar-refractivity contribution in [3.63, 3.8) is 0 Å². The van der Waals surface area contributed by atoms with E-state index in [-0.39, 0.29) is 5.91 Å². The van der Waals surface area contributed by atoms with E-state index in [1.165, 1.54) is 25.7 Å². The Hall–Kier alpha value is -0.970. The highest BCUT2D eigenvalue weighted by Gasteiger charge is 2.55. The van der Waals surface area contributed by atoms with E-state index in [2.05, 4.69) is 5.92 Å². The van der Waals surface area contributed by atoms with Gasteiger partial charge in [-0.15, -0.1) is 6.42 Å². The number of amides is 1. The van der Waals surface area contributed by atoms with Crippen LogP contribution >= 0.6 is 0 Å². The van der Waals surface area contributed by atoms with Crippen LogP contribution in [-0.4, -0.2) is 24.4 Å². The summed E-state index contributed by atoms with van der Waals surface area (Å²) in [6, 6.07) is 0. The van der Waals surface area contributed by atoms with E-state index in [4.69, 9.17) is 6.42 Å². The fraction of sp³-hybridized carbons (Fsp3) is 0.750. The van der Waals surface area contributed by atoms with Crippen LogP contribution in [0.25, 0.3) is 0 Å². The van der Waals surface area contributed by atoms with Crippen LogP contribution in [0, 0.1) is 30.1 Å². The van der Waals surface area contributed by atoms with E-state index >= 15 is 0 Å². The molecule has 2 nitrogen and oxygen atoms in total. The maximum absolute atomic E-state index is 11.9. The van der Waals surface area contributed by atoms with Crippen LogP contribution < -0.4 is 0 Å². The summed E-state index contributed by atoms with van der Waals surface area (Å²) >= 11 is 0. The van der Waals surface area contributed by atoms with Gasteiger partial charge >= 0.3 is 0 Å². The Morgan fingerprint density at radius 2 is 2.00 bits per heavy atom. The van der Waals surface area contributed by atoms with E-state index in [0.717, 1.165) is 0 Å². The lowest BCUT2D eigenvalue weighted by Gasteiger charge is -2.13. The minimum absolute atomic E-state index is 0.278. The lowest BCUT2D eigenvalue weighted by atomic mass is 10.0. The molecule has 14 heavy (non-hydrogen) atoms. The van der Waals surface area contributed by atoms with Crippen molar-refractivity contribution in [3.8, 4) is 12.3 Å². The molecule has 1 amide bonds. The Labute approximate surface area is 85.7 Å². The van der Waals surface area contributed by atoms with E-state index < -0.39 is 0 Å². The van der Waals surface area contributed by atoms with Crippen molar-refractivity contribution in [2.75, 3.05) is 13.6 Å². The Bertz CT molecular complexity index is 267. The van der Waals surface area contributed by atoms with Crippen LogP contribution in [0.15, 0.2) is 0 Å². The molecule has 0 heterocycles. The third kappa shape index (κ3) is 1.52. The number of hydrogen-bond donors (Lipinski definition) is 0. The first-order chi connectivity index (χ1) is 6.75. The predicted molar refractivity (Wildman–Crippen MR) is 55.4 cm³/mol. The molecule has 76 valence electrons. The Kier molecular flexibility index (Phi) is 2.50. The van der Waals surface area contributed by atoms with Crippen LogP contribution in [0.5, 0.6) is 0 Å². The van der Waals surface area contributed by atoms with Crippen LogP contribution in [0.4, 0.5) is 0 Å². The van der Waals surface area contributed by atoms with Crippen LogP contribution in [0.1, 0.15) is 25.7 Å². The molecule has 2 saturated carbocycles. The summed E-state index contributed by atoms with van der Waals surface area (Å²) in [4.78, 5) is 13.6. The molecule has 0 aromatic heterocycles. The molecular formula is C12H17NO. The Morgan fingerprint density at radius 3 is 2.50 bits per heavy atom. The van der Waals surface area contributed by atoms with Gasteiger partial charge in [0.15, 0.2) is 0 Å². The van der Waals surface area contributed by atoms with E-state index in [1.54, 1.807) is 4.90 Å². The monoisotopic (exact) mass is 191 g/mol. The standard InChI is InChI=1S/C12H17NO/c1-3-8-13(2)12(14)11-9-6-4-5-7-10(9)11/h1,9-11H,4-8H2,2H3.